The first-order chi connectivity index (χ1) is 13.0. The molecule has 2 aromatic heterocycles. The highest BCUT2D eigenvalue weighted by Crippen LogP contribution is 2.33. The highest BCUT2D eigenvalue weighted by molar-refractivity contribution is 8.00. The standard InChI is InChI=1S/C20H23N3O2S2/c1-5-15-10-16-19(22-13(3)23-20(16)27-15)26-12(2)18(24)21-11-14-8-6-7-9-17(14)25-4/h6-10,12H,5,11H2,1-4H3,(H,21,24). The molecule has 0 saturated heterocycles. The van der Waals surface area contributed by atoms with E-state index >= 15 is 0 Å². The number of carbonyl (C=O) groups is 1. The first-order valence-corrected chi connectivity index (χ1v) is 10.5. The van der Waals surface area contributed by atoms with Crippen LogP contribution in [0.15, 0.2) is 35.4 Å². The van der Waals surface area contributed by atoms with Crippen molar-refractivity contribution in [1.82, 2.24) is 15.3 Å². The van der Waals surface area contributed by atoms with Crippen LogP contribution in [0.4, 0.5) is 0 Å². The summed E-state index contributed by atoms with van der Waals surface area (Å²) in [6.07, 6.45) is 0.971. The molecule has 1 unspecified atom stereocenters. The minimum Gasteiger partial charge on any atom is -0.496 e. The number of carbonyl (C=O) groups excluding carboxylic acids is 1. The maximum absolute atomic E-state index is 12.6. The van der Waals surface area contributed by atoms with E-state index in [9.17, 15) is 4.79 Å². The number of ether oxygens (including phenoxy) is 1. The van der Waals surface area contributed by atoms with Gasteiger partial charge < -0.3 is 10.1 Å². The number of aromatic nitrogens is 2. The molecule has 1 aromatic carbocycles. The Kier molecular flexibility index (Phi) is 6.34. The number of nitrogens with zero attached hydrogens (tertiary/aromatic N) is 2. The van der Waals surface area contributed by atoms with Gasteiger partial charge >= 0.3 is 0 Å². The normalized spacial score (nSPS) is 12.1. The molecule has 0 saturated carbocycles. The number of amides is 1. The van der Waals surface area contributed by atoms with Gasteiger partial charge in [-0.2, -0.15) is 0 Å². The van der Waals surface area contributed by atoms with E-state index < -0.39 is 0 Å². The average molecular weight is 402 g/mol. The van der Waals surface area contributed by atoms with Crippen molar-refractivity contribution in [2.45, 2.75) is 44.0 Å². The van der Waals surface area contributed by atoms with Crippen LogP contribution in [0.1, 0.15) is 30.1 Å². The van der Waals surface area contributed by atoms with Crippen LogP contribution in [-0.2, 0) is 17.8 Å². The molecule has 0 aliphatic heterocycles. The number of para-hydroxylation sites is 1. The predicted octanol–water partition coefficient (Wildman–Crippen LogP) is 4.37. The summed E-state index contributed by atoms with van der Waals surface area (Å²) in [5, 5.41) is 4.64. The van der Waals surface area contributed by atoms with E-state index in [1.165, 1.54) is 16.6 Å². The van der Waals surface area contributed by atoms with Gasteiger partial charge in [-0.1, -0.05) is 36.9 Å². The summed E-state index contributed by atoms with van der Waals surface area (Å²) in [6, 6.07) is 9.83. The van der Waals surface area contributed by atoms with Crippen LogP contribution in [-0.4, -0.2) is 28.2 Å². The summed E-state index contributed by atoms with van der Waals surface area (Å²) < 4.78 is 5.34. The molecule has 3 rings (SSSR count). The fourth-order valence-corrected chi connectivity index (χ4v) is 4.78. The molecule has 27 heavy (non-hydrogen) atoms. The molecule has 0 aliphatic rings. The second-order valence-electron chi connectivity index (χ2n) is 6.15. The molecular formula is C20H23N3O2S2. The number of methoxy groups -OCH3 is 1. The third-order valence-corrected chi connectivity index (χ3v) is 6.45. The van der Waals surface area contributed by atoms with Crippen LogP contribution < -0.4 is 10.1 Å². The molecule has 0 bridgehead atoms. The molecule has 2 heterocycles. The first-order valence-electron chi connectivity index (χ1n) is 8.85. The van der Waals surface area contributed by atoms with E-state index in [2.05, 4.69) is 28.3 Å². The quantitative estimate of drug-likeness (QED) is 0.470. The highest BCUT2D eigenvalue weighted by atomic mass is 32.2. The van der Waals surface area contributed by atoms with Crippen LogP contribution in [0.3, 0.4) is 0 Å². The number of nitrogens with one attached hydrogen (secondary N) is 1. The van der Waals surface area contributed by atoms with E-state index in [4.69, 9.17) is 4.74 Å². The van der Waals surface area contributed by atoms with E-state index in [0.29, 0.717) is 6.54 Å². The molecular weight excluding hydrogens is 378 g/mol. The van der Waals surface area contributed by atoms with Gasteiger partial charge in [-0.05, 0) is 32.4 Å². The third-order valence-electron chi connectivity index (χ3n) is 4.17. The molecule has 5 nitrogen and oxygen atoms in total. The van der Waals surface area contributed by atoms with Gasteiger partial charge in [-0.3, -0.25) is 4.79 Å². The Morgan fingerprint density at radius 3 is 2.85 bits per heavy atom. The van der Waals surface area contributed by atoms with Crippen LogP contribution in [0.25, 0.3) is 10.2 Å². The second-order valence-corrected chi connectivity index (χ2v) is 8.60. The fraction of sp³-hybridized carbons (Fsp3) is 0.350. The van der Waals surface area contributed by atoms with Crippen molar-refractivity contribution in [3.05, 3.63) is 46.6 Å². The van der Waals surface area contributed by atoms with E-state index in [0.717, 1.165) is 38.8 Å². The van der Waals surface area contributed by atoms with Gasteiger partial charge in [0.25, 0.3) is 0 Å². The lowest BCUT2D eigenvalue weighted by molar-refractivity contribution is -0.120. The lowest BCUT2D eigenvalue weighted by Gasteiger charge is -2.13. The fourth-order valence-electron chi connectivity index (χ4n) is 2.71. The number of fused-ring (bicyclic) bond motifs is 1. The molecule has 7 heteroatoms. The number of thiophene rings is 1. The van der Waals surface area contributed by atoms with E-state index in [-0.39, 0.29) is 11.2 Å². The highest BCUT2D eigenvalue weighted by Gasteiger charge is 2.19. The zero-order chi connectivity index (χ0) is 19.4. The van der Waals surface area contributed by atoms with Gasteiger partial charge in [0, 0.05) is 22.4 Å². The average Bonchev–Trinajstić information content (AvgIpc) is 3.09. The Morgan fingerprint density at radius 2 is 2.11 bits per heavy atom. The topological polar surface area (TPSA) is 64.1 Å². The van der Waals surface area contributed by atoms with Crippen molar-refractivity contribution in [1.29, 1.82) is 0 Å². The van der Waals surface area contributed by atoms with Crippen LogP contribution >= 0.6 is 23.1 Å². The number of thioether (sulfide) groups is 1. The molecule has 0 aliphatic carbocycles. The maximum atomic E-state index is 12.6. The van der Waals surface area contributed by atoms with Crippen molar-refractivity contribution in [3.63, 3.8) is 0 Å². The Bertz CT molecular complexity index is 956. The lowest BCUT2D eigenvalue weighted by Crippen LogP contribution is -2.30. The lowest BCUT2D eigenvalue weighted by atomic mass is 10.2. The molecule has 142 valence electrons. The Hall–Kier alpha value is -2.12. The van der Waals surface area contributed by atoms with Crippen molar-refractivity contribution in [3.8, 4) is 5.75 Å². The summed E-state index contributed by atoms with van der Waals surface area (Å²) in [4.78, 5) is 24.0. The van der Waals surface area contributed by atoms with E-state index in [1.54, 1.807) is 18.4 Å². The van der Waals surface area contributed by atoms with Gasteiger partial charge in [-0.25, -0.2) is 9.97 Å². The van der Waals surface area contributed by atoms with Crippen molar-refractivity contribution >= 4 is 39.2 Å². The number of aryl methyl sites for hydroxylation is 2. The zero-order valence-corrected chi connectivity index (χ0v) is 17.5. The first kappa shape index (κ1) is 19.6. The molecule has 0 fully saturated rings. The molecule has 0 radical (unpaired) electrons. The number of benzene rings is 1. The van der Waals surface area contributed by atoms with E-state index in [1.807, 2.05) is 38.1 Å². The maximum Gasteiger partial charge on any atom is 0.233 e. The molecule has 3 aromatic rings. The number of hydrogen-bond donors (Lipinski definition) is 1. The van der Waals surface area contributed by atoms with Gasteiger partial charge in [-0.15, -0.1) is 11.3 Å². The summed E-state index contributed by atoms with van der Waals surface area (Å²) in [6.45, 7) is 6.36. The van der Waals surface area contributed by atoms with Gasteiger partial charge in [0.1, 0.15) is 21.4 Å². The van der Waals surface area contributed by atoms with Gasteiger partial charge in [0.15, 0.2) is 0 Å². The van der Waals surface area contributed by atoms with Crippen LogP contribution in [0.2, 0.25) is 0 Å². The summed E-state index contributed by atoms with van der Waals surface area (Å²) in [5.41, 5.74) is 0.955. The third kappa shape index (κ3) is 4.59. The number of hydrogen-bond acceptors (Lipinski definition) is 6. The molecule has 1 N–H and O–H groups in total. The zero-order valence-electron chi connectivity index (χ0n) is 15.9. The predicted molar refractivity (Wildman–Crippen MR) is 112 cm³/mol. The van der Waals surface area contributed by atoms with Gasteiger partial charge in [0.2, 0.25) is 5.91 Å². The number of rotatable bonds is 7. The smallest absolute Gasteiger partial charge is 0.233 e. The van der Waals surface area contributed by atoms with Crippen LogP contribution in [0, 0.1) is 6.92 Å². The second kappa shape index (κ2) is 8.71. The summed E-state index contributed by atoms with van der Waals surface area (Å²) >= 11 is 3.17. The Balaban J connectivity index is 1.71. The monoisotopic (exact) mass is 401 g/mol. The molecule has 1 atom stereocenters. The Morgan fingerprint density at radius 1 is 1.33 bits per heavy atom. The minimum absolute atomic E-state index is 0.0266. The summed E-state index contributed by atoms with van der Waals surface area (Å²) in [5.74, 6) is 1.48. The molecule has 1 amide bonds. The molecule has 0 spiro atoms. The largest absolute Gasteiger partial charge is 0.496 e. The van der Waals surface area contributed by atoms with Crippen LogP contribution in [0.5, 0.6) is 5.75 Å². The van der Waals surface area contributed by atoms with Gasteiger partial charge in [0.05, 0.1) is 12.4 Å². The summed E-state index contributed by atoms with van der Waals surface area (Å²) in [7, 11) is 1.63. The minimum atomic E-state index is -0.262. The Labute approximate surface area is 167 Å². The van der Waals surface area contributed by atoms with Crippen molar-refractivity contribution in [2.75, 3.05) is 7.11 Å². The van der Waals surface area contributed by atoms with Crippen molar-refractivity contribution < 1.29 is 9.53 Å². The SMILES string of the molecule is CCc1cc2c(SC(C)C(=O)NCc3ccccc3OC)nc(C)nc2s1. The van der Waals surface area contributed by atoms with Crippen molar-refractivity contribution in [2.24, 2.45) is 0 Å².